The summed E-state index contributed by atoms with van der Waals surface area (Å²) in [6, 6.07) is 5.30. The van der Waals surface area contributed by atoms with Crippen LogP contribution in [0.3, 0.4) is 0 Å². The van der Waals surface area contributed by atoms with Gasteiger partial charge in [-0.05, 0) is 24.0 Å². The smallest absolute Gasteiger partial charge is 0.224 e. The van der Waals surface area contributed by atoms with E-state index in [-0.39, 0.29) is 5.91 Å². The molecule has 116 valence electrons. The average Bonchev–Trinajstić information content (AvgIpc) is 2.50. The minimum atomic E-state index is 0.0352. The maximum absolute atomic E-state index is 12.2. The van der Waals surface area contributed by atoms with E-state index in [1.54, 1.807) is 25.3 Å². The van der Waals surface area contributed by atoms with Crippen molar-refractivity contribution in [2.45, 2.75) is 45.4 Å². The lowest BCUT2D eigenvalue weighted by Gasteiger charge is -2.27. The Labute approximate surface area is 127 Å². The van der Waals surface area contributed by atoms with E-state index in [0.29, 0.717) is 35.4 Å². The lowest BCUT2D eigenvalue weighted by Crippen LogP contribution is -2.22. The third-order valence-corrected chi connectivity index (χ3v) is 4.50. The highest BCUT2D eigenvalue weighted by Crippen LogP contribution is 2.32. The number of anilines is 2. The molecular weight excluding hydrogens is 264 g/mol. The minimum Gasteiger partial charge on any atom is -0.497 e. The van der Waals surface area contributed by atoms with E-state index in [9.17, 15) is 4.79 Å². The largest absolute Gasteiger partial charge is 0.497 e. The summed E-state index contributed by atoms with van der Waals surface area (Å²) in [5, 5.41) is 2.91. The molecule has 0 radical (unpaired) electrons. The number of methoxy groups -OCH3 is 1. The zero-order valence-electron chi connectivity index (χ0n) is 13.0. The number of carbonyl (C=O) groups is 1. The summed E-state index contributed by atoms with van der Waals surface area (Å²) in [6.45, 7) is 2.19. The summed E-state index contributed by atoms with van der Waals surface area (Å²) in [5.41, 5.74) is 7.09. The summed E-state index contributed by atoms with van der Waals surface area (Å²) in [7, 11) is 1.60. The second-order valence-corrected chi connectivity index (χ2v) is 6.08. The van der Waals surface area contributed by atoms with Crippen LogP contribution in [-0.4, -0.2) is 13.0 Å². The Hall–Kier alpha value is -1.71. The van der Waals surface area contributed by atoms with Gasteiger partial charge in [0.1, 0.15) is 5.75 Å². The highest BCUT2D eigenvalue weighted by Gasteiger charge is 2.22. The van der Waals surface area contributed by atoms with Gasteiger partial charge in [-0.3, -0.25) is 4.79 Å². The fourth-order valence-corrected chi connectivity index (χ4v) is 3.13. The molecule has 3 N–H and O–H groups in total. The SMILES string of the molecule is COc1ccc(N)c(NC(=O)CC(C)C2CCCCC2)c1. The molecule has 1 saturated carbocycles. The van der Waals surface area contributed by atoms with Gasteiger partial charge < -0.3 is 15.8 Å². The number of nitrogens with one attached hydrogen (secondary N) is 1. The van der Waals surface area contributed by atoms with Crippen molar-refractivity contribution in [2.75, 3.05) is 18.2 Å². The van der Waals surface area contributed by atoms with Crippen molar-refractivity contribution in [2.24, 2.45) is 11.8 Å². The minimum absolute atomic E-state index is 0.0352. The van der Waals surface area contributed by atoms with Crippen LogP contribution < -0.4 is 15.8 Å². The van der Waals surface area contributed by atoms with Crippen LogP contribution >= 0.6 is 0 Å². The molecule has 0 aliphatic heterocycles. The van der Waals surface area contributed by atoms with Gasteiger partial charge in [-0.2, -0.15) is 0 Å². The molecule has 1 atom stereocenters. The number of carbonyl (C=O) groups excluding carboxylic acids is 1. The maximum atomic E-state index is 12.2. The van der Waals surface area contributed by atoms with Gasteiger partial charge in [-0.15, -0.1) is 0 Å². The zero-order chi connectivity index (χ0) is 15.2. The maximum Gasteiger partial charge on any atom is 0.224 e. The van der Waals surface area contributed by atoms with E-state index < -0.39 is 0 Å². The van der Waals surface area contributed by atoms with Crippen molar-refractivity contribution in [1.29, 1.82) is 0 Å². The van der Waals surface area contributed by atoms with Gasteiger partial charge in [-0.25, -0.2) is 0 Å². The standard InChI is InChI=1S/C17H26N2O2/c1-12(13-6-4-3-5-7-13)10-17(20)19-16-11-14(21-2)8-9-15(16)18/h8-9,11-13H,3-7,10,18H2,1-2H3,(H,19,20). The summed E-state index contributed by atoms with van der Waals surface area (Å²) >= 11 is 0. The second-order valence-electron chi connectivity index (χ2n) is 6.08. The van der Waals surface area contributed by atoms with Gasteiger partial charge in [0.05, 0.1) is 18.5 Å². The van der Waals surface area contributed by atoms with Gasteiger partial charge in [0, 0.05) is 12.5 Å². The van der Waals surface area contributed by atoms with E-state index in [2.05, 4.69) is 12.2 Å². The highest BCUT2D eigenvalue weighted by molar-refractivity contribution is 5.94. The zero-order valence-corrected chi connectivity index (χ0v) is 13.0. The van der Waals surface area contributed by atoms with E-state index in [4.69, 9.17) is 10.5 Å². The van der Waals surface area contributed by atoms with Crippen molar-refractivity contribution in [3.8, 4) is 5.75 Å². The van der Waals surface area contributed by atoms with Gasteiger partial charge in [0.15, 0.2) is 0 Å². The molecule has 4 nitrogen and oxygen atoms in total. The summed E-state index contributed by atoms with van der Waals surface area (Å²) in [5.74, 6) is 1.84. The molecule has 21 heavy (non-hydrogen) atoms. The highest BCUT2D eigenvalue weighted by atomic mass is 16.5. The first-order chi connectivity index (χ1) is 10.1. The molecule has 1 aromatic rings. The van der Waals surface area contributed by atoms with E-state index >= 15 is 0 Å². The average molecular weight is 290 g/mol. The predicted molar refractivity (Wildman–Crippen MR) is 86.4 cm³/mol. The van der Waals surface area contributed by atoms with Crippen LogP contribution in [0, 0.1) is 11.8 Å². The van der Waals surface area contributed by atoms with Crippen LogP contribution in [0.2, 0.25) is 0 Å². The molecule has 0 spiro atoms. The molecule has 1 aliphatic carbocycles. The van der Waals surface area contributed by atoms with Crippen molar-refractivity contribution < 1.29 is 9.53 Å². The van der Waals surface area contributed by atoms with Gasteiger partial charge in [0.25, 0.3) is 0 Å². The number of ether oxygens (including phenoxy) is 1. The molecular formula is C17H26N2O2. The number of benzene rings is 1. The molecule has 0 aromatic heterocycles. The summed E-state index contributed by atoms with van der Waals surface area (Å²) in [6.07, 6.45) is 7.03. The van der Waals surface area contributed by atoms with Crippen LogP contribution in [0.25, 0.3) is 0 Å². The molecule has 0 bridgehead atoms. The van der Waals surface area contributed by atoms with Gasteiger partial charge in [-0.1, -0.05) is 39.0 Å². The van der Waals surface area contributed by atoms with Crippen molar-refractivity contribution in [3.05, 3.63) is 18.2 Å². The second kappa shape index (κ2) is 7.34. The molecule has 0 saturated heterocycles. The third-order valence-electron chi connectivity index (χ3n) is 4.50. The van der Waals surface area contributed by atoms with Crippen LogP contribution in [0.5, 0.6) is 5.75 Å². The molecule has 1 aromatic carbocycles. The van der Waals surface area contributed by atoms with Crippen molar-refractivity contribution >= 4 is 17.3 Å². The molecule has 2 rings (SSSR count). The van der Waals surface area contributed by atoms with E-state index in [1.165, 1.54) is 32.1 Å². The van der Waals surface area contributed by atoms with Crippen molar-refractivity contribution in [3.63, 3.8) is 0 Å². The summed E-state index contributed by atoms with van der Waals surface area (Å²) < 4.78 is 5.16. The molecule has 1 unspecified atom stereocenters. The first-order valence-corrected chi connectivity index (χ1v) is 7.83. The number of nitrogen functional groups attached to an aromatic ring is 1. The van der Waals surface area contributed by atoms with Crippen LogP contribution in [0.15, 0.2) is 18.2 Å². The van der Waals surface area contributed by atoms with Crippen LogP contribution in [-0.2, 0) is 4.79 Å². The molecule has 1 fully saturated rings. The van der Waals surface area contributed by atoms with E-state index in [0.717, 1.165) is 0 Å². The number of amides is 1. The number of nitrogens with two attached hydrogens (primary N) is 1. The normalized spacial score (nSPS) is 17.2. The number of hydrogen-bond acceptors (Lipinski definition) is 3. The first-order valence-electron chi connectivity index (χ1n) is 7.83. The molecule has 0 heterocycles. The van der Waals surface area contributed by atoms with Gasteiger partial charge in [0.2, 0.25) is 5.91 Å². The molecule has 4 heteroatoms. The lowest BCUT2D eigenvalue weighted by atomic mass is 9.79. The summed E-state index contributed by atoms with van der Waals surface area (Å²) in [4.78, 5) is 12.2. The fourth-order valence-electron chi connectivity index (χ4n) is 3.13. The Bertz CT molecular complexity index is 482. The number of hydrogen-bond donors (Lipinski definition) is 2. The Morgan fingerprint density at radius 2 is 2.10 bits per heavy atom. The van der Waals surface area contributed by atoms with Crippen LogP contribution in [0.4, 0.5) is 11.4 Å². The quantitative estimate of drug-likeness (QED) is 0.810. The predicted octanol–water partition coefficient (Wildman–Crippen LogP) is 3.82. The monoisotopic (exact) mass is 290 g/mol. The Kier molecular flexibility index (Phi) is 5.48. The molecule has 1 amide bonds. The third kappa shape index (κ3) is 4.38. The fraction of sp³-hybridized carbons (Fsp3) is 0.588. The Morgan fingerprint density at radius 3 is 2.76 bits per heavy atom. The lowest BCUT2D eigenvalue weighted by molar-refractivity contribution is -0.117. The van der Waals surface area contributed by atoms with Crippen molar-refractivity contribution in [1.82, 2.24) is 0 Å². The molecule has 1 aliphatic rings. The van der Waals surface area contributed by atoms with Crippen LogP contribution in [0.1, 0.15) is 45.4 Å². The Morgan fingerprint density at radius 1 is 1.38 bits per heavy atom. The Balaban J connectivity index is 1.91. The van der Waals surface area contributed by atoms with Gasteiger partial charge >= 0.3 is 0 Å². The first kappa shape index (κ1) is 15.7. The van der Waals surface area contributed by atoms with E-state index in [1.807, 2.05) is 0 Å². The number of rotatable bonds is 5. The topological polar surface area (TPSA) is 64.3 Å².